The first kappa shape index (κ1) is 14.4. The van der Waals surface area contributed by atoms with Crippen molar-refractivity contribution in [3.05, 3.63) is 47.1 Å². The van der Waals surface area contributed by atoms with Crippen molar-refractivity contribution in [3.8, 4) is 5.75 Å². The van der Waals surface area contributed by atoms with Crippen molar-refractivity contribution in [3.63, 3.8) is 0 Å². The molecule has 4 nitrogen and oxygen atoms in total. The number of ether oxygens (including phenoxy) is 1. The molecule has 0 aromatic carbocycles. The fraction of sp³-hybridized carbons (Fsp3) is 0.167. The molecule has 0 aliphatic rings. The molecule has 2 aromatic heterocycles. The van der Waals surface area contributed by atoms with E-state index in [1.165, 1.54) is 18.3 Å². The van der Waals surface area contributed by atoms with Crippen LogP contribution in [0.5, 0.6) is 5.75 Å². The molecule has 0 saturated carbocycles. The van der Waals surface area contributed by atoms with Gasteiger partial charge in [-0.15, -0.1) is 0 Å². The predicted molar refractivity (Wildman–Crippen MR) is 67.4 cm³/mol. The number of anilines is 1. The summed E-state index contributed by atoms with van der Waals surface area (Å²) in [6.45, 7) is -2.71. The van der Waals surface area contributed by atoms with Gasteiger partial charge in [0.2, 0.25) is 0 Å². The SMILES string of the molecule is Fc1cc(Cl)cnc1NCc1ccc(OC(F)F)cn1. The van der Waals surface area contributed by atoms with Crippen LogP contribution in [0.2, 0.25) is 5.02 Å². The Bertz CT molecular complexity index is 581. The van der Waals surface area contributed by atoms with Crippen molar-refractivity contribution in [1.29, 1.82) is 0 Å². The molecule has 0 amide bonds. The molecule has 0 aliphatic heterocycles. The monoisotopic (exact) mass is 303 g/mol. The van der Waals surface area contributed by atoms with Gasteiger partial charge in [-0.1, -0.05) is 11.6 Å². The van der Waals surface area contributed by atoms with Gasteiger partial charge >= 0.3 is 6.61 Å². The first-order chi connectivity index (χ1) is 9.54. The lowest BCUT2D eigenvalue weighted by atomic mass is 10.3. The van der Waals surface area contributed by atoms with Gasteiger partial charge in [-0.2, -0.15) is 8.78 Å². The predicted octanol–water partition coefficient (Wildman–Crippen LogP) is 3.48. The largest absolute Gasteiger partial charge is 0.433 e. The third kappa shape index (κ3) is 3.99. The van der Waals surface area contributed by atoms with Crippen LogP contribution in [-0.2, 0) is 6.54 Å². The average molecular weight is 304 g/mol. The Morgan fingerprint density at radius 2 is 2.05 bits per heavy atom. The summed E-state index contributed by atoms with van der Waals surface area (Å²) in [5, 5.41) is 2.91. The molecule has 1 N–H and O–H groups in total. The molecule has 106 valence electrons. The van der Waals surface area contributed by atoms with Gasteiger partial charge in [0.05, 0.1) is 23.5 Å². The average Bonchev–Trinajstić information content (AvgIpc) is 2.39. The van der Waals surface area contributed by atoms with Crippen molar-refractivity contribution in [1.82, 2.24) is 9.97 Å². The van der Waals surface area contributed by atoms with Gasteiger partial charge < -0.3 is 10.1 Å². The maximum atomic E-state index is 13.4. The molecule has 0 radical (unpaired) electrons. The van der Waals surface area contributed by atoms with Crippen LogP contribution in [0.15, 0.2) is 30.6 Å². The van der Waals surface area contributed by atoms with E-state index >= 15 is 0 Å². The van der Waals surface area contributed by atoms with Gasteiger partial charge in [0.25, 0.3) is 0 Å². The number of halogens is 4. The van der Waals surface area contributed by atoms with E-state index in [0.29, 0.717) is 5.69 Å². The van der Waals surface area contributed by atoms with E-state index in [2.05, 4.69) is 20.0 Å². The number of hydrogen-bond donors (Lipinski definition) is 1. The third-order valence-electron chi connectivity index (χ3n) is 2.27. The van der Waals surface area contributed by atoms with E-state index in [4.69, 9.17) is 11.6 Å². The second-order valence-corrected chi connectivity index (χ2v) is 4.14. The van der Waals surface area contributed by atoms with Gasteiger partial charge in [0.1, 0.15) is 5.75 Å². The minimum absolute atomic E-state index is 0.0316. The Kier molecular flexibility index (Phi) is 4.62. The van der Waals surface area contributed by atoms with Crippen LogP contribution >= 0.6 is 11.6 Å². The lowest BCUT2D eigenvalue weighted by Crippen LogP contribution is -2.06. The zero-order chi connectivity index (χ0) is 14.5. The fourth-order valence-electron chi connectivity index (χ4n) is 1.41. The Morgan fingerprint density at radius 3 is 2.65 bits per heavy atom. The zero-order valence-electron chi connectivity index (χ0n) is 9.99. The molecule has 20 heavy (non-hydrogen) atoms. The second-order valence-electron chi connectivity index (χ2n) is 3.70. The van der Waals surface area contributed by atoms with E-state index in [9.17, 15) is 13.2 Å². The Balaban J connectivity index is 1.96. The summed E-state index contributed by atoms with van der Waals surface area (Å²) >= 11 is 5.58. The van der Waals surface area contributed by atoms with Gasteiger partial charge in [-0.3, -0.25) is 4.98 Å². The molecule has 0 unspecified atom stereocenters. The highest BCUT2D eigenvalue weighted by Crippen LogP contribution is 2.17. The molecule has 2 rings (SSSR count). The molecule has 0 fully saturated rings. The van der Waals surface area contributed by atoms with Crippen molar-refractivity contribution in [2.24, 2.45) is 0 Å². The summed E-state index contributed by atoms with van der Waals surface area (Å²) in [7, 11) is 0. The first-order valence-electron chi connectivity index (χ1n) is 5.49. The van der Waals surface area contributed by atoms with Crippen LogP contribution in [-0.4, -0.2) is 16.6 Å². The summed E-state index contributed by atoms with van der Waals surface area (Å²) in [4.78, 5) is 7.68. The van der Waals surface area contributed by atoms with Crippen LogP contribution < -0.4 is 10.1 Å². The summed E-state index contributed by atoms with van der Waals surface area (Å²) in [5.41, 5.74) is 0.516. The summed E-state index contributed by atoms with van der Waals surface area (Å²) in [6.07, 6.45) is 2.47. The quantitative estimate of drug-likeness (QED) is 0.918. The smallest absolute Gasteiger partial charge is 0.387 e. The minimum atomic E-state index is -2.90. The Morgan fingerprint density at radius 1 is 1.25 bits per heavy atom. The third-order valence-corrected chi connectivity index (χ3v) is 2.47. The van der Waals surface area contributed by atoms with Crippen molar-refractivity contribution < 1.29 is 17.9 Å². The van der Waals surface area contributed by atoms with Crippen LogP contribution in [0.4, 0.5) is 19.0 Å². The molecule has 0 spiro atoms. The standard InChI is InChI=1S/C12H9ClF3N3O/c13-7-3-10(14)11(18-4-7)19-5-8-1-2-9(6-17-8)20-12(15)16/h1-4,6,12H,5H2,(H,18,19). The molecular formula is C12H9ClF3N3O. The Labute approximate surface area is 117 Å². The second kappa shape index (κ2) is 6.42. The van der Waals surface area contributed by atoms with Crippen LogP contribution in [0, 0.1) is 5.82 Å². The van der Waals surface area contributed by atoms with E-state index in [1.807, 2.05) is 0 Å². The molecule has 0 aliphatic carbocycles. The molecule has 0 atom stereocenters. The topological polar surface area (TPSA) is 47.0 Å². The van der Waals surface area contributed by atoms with E-state index < -0.39 is 12.4 Å². The van der Waals surface area contributed by atoms with Crippen molar-refractivity contribution in [2.75, 3.05) is 5.32 Å². The number of nitrogens with zero attached hydrogens (tertiary/aromatic N) is 2. The molecule has 2 aromatic rings. The molecule has 0 saturated heterocycles. The number of hydrogen-bond acceptors (Lipinski definition) is 4. The highest BCUT2D eigenvalue weighted by Gasteiger charge is 2.06. The molecule has 0 bridgehead atoms. The van der Waals surface area contributed by atoms with Gasteiger partial charge in [0, 0.05) is 6.20 Å². The zero-order valence-corrected chi connectivity index (χ0v) is 10.7. The van der Waals surface area contributed by atoms with Gasteiger partial charge in [0.15, 0.2) is 11.6 Å². The molecular weight excluding hydrogens is 295 g/mol. The minimum Gasteiger partial charge on any atom is -0.433 e. The maximum Gasteiger partial charge on any atom is 0.387 e. The highest BCUT2D eigenvalue weighted by atomic mass is 35.5. The van der Waals surface area contributed by atoms with Crippen LogP contribution in [0.1, 0.15) is 5.69 Å². The molecule has 2 heterocycles. The van der Waals surface area contributed by atoms with E-state index in [-0.39, 0.29) is 23.1 Å². The van der Waals surface area contributed by atoms with Gasteiger partial charge in [-0.25, -0.2) is 9.37 Å². The normalized spacial score (nSPS) is 10.7. The lowest BCUT2D eigenvalue weighted by Gasteiger charge is -2.07. The summed E-state index contributed by atoms with van der Waals surface area (Å²) < 4.78 is 41.5. The summed E-state index contributed by atoms with van der Waals surface area (Å²) in [5.74, 6) is -0.598. The van der Waals surface area contributed by atoms with E-state index in [1.54, 1.807) is 0 Å². The lowest BCUT2D eigenvalue weighted by molar-refractivity contribution is -0.0500. The van der Waals surface area contributed by atoms with Crippen molar-refractivity contribution in [2.45, 2.75) is 13.2 Å². The Hall–Kier alpha value is -2.02. The number of alkyl halides is 2. The highest BCUT2D eigenvalue weighted by molar-refractivity contribution is 6.30. The van der Waals surface area contributed by atoms with Crippen molar-refractivity contribution >= 4 is 17.4 Å². The van der Waals surface area contributed by atoms with Crippen LogP contribution in [0.3, 0.4) is 0 Å². The number of aromatic nitrogens is 2. The number of nitrogens with one attached hydrogen (secondary N) is 1. The number of pyridine rings is 2. The van der Waals surface area contributed by atoms with Crippen LogP contribution in [0.25, 0.3) is 0 Å². The van der Waals surface area contributed by atoms with Gasteiger partial charge in [-0.05, 0) is 18.2 Å². The summed E-state index contributed by atoms with van der Waals surface area (Å²) in [6, 6.07) is 3.96. The maximum absolute atomic E-state index is 13.4. The number of rotatable bonds is 5. The fourth-order valence-corrected chi connectivity index (χ4v) is 1.55. The first-order valence-corrected chi connectivity index (χ1v) is 5.87. The molecule has 8 heteroatoms. The van der Waals surface area contributed by atoms with E-state index in [0.717, 1.165) is 12.3 Å².